The van der Waals surface area contributed by atoms with Crippen molar-refractivity contribution in [2.45, 2.75) is 37.8 Å². The highest BCUT2D eigenvalue weighted by Crippen LogP contribution is 2.27. The van der Waals surface area contributed by atoms with E-state index in [1.165, 1.54) is 16.5 Å². The van der Waals surface area contributed by atoms with Crippen molar-refractivity contribution >= 4 is 22.4 Å². The molecule has 0 aliphatic heterocycles. The Labute approximate surface area is 165 Å². The Kier molecular flexibility index (Phi) is 5.47. The van der Waals surface area contributed by atoms with Crippen molar-refractivity contribution in [2.75, 3.05) is 12.4 Å². The van der Waals surface area contributed by atoms with E-state index in [2.05, 4.69) is 53.1 Å². The van der Waals surface area contributed by atoms with Crippen LogP contribution in [0.2, 0.25) is 0 Å². The summed E-state index contributed by atoms with van der Waals surface area (Å²) in [4.78, 5) is 12.6. The number of fused-ring (bicyclic) bond motifs is 1. The molecule has 1 saturated carbocycles. The van der Waals surface area contributed by atoms with Crippen LogP contribution in [0.25, 0.3) is 10.8 Å². The second kappa shape index (κ2) is 8.34. The Bertz CT molecular complexity index is 947. The number of hydrogen-bond donors (Lipinski definition) is 2. The summed E-state index contributed by atoms with van der Waals surface area (Å²) in [5.74, 6) is 0.743. The van der Waals surface area contributed by atoms with Gasteiger partial charge in [0.15, 0.2) is 0 Å². The summed E-state index contributed by atoms with van der Waals surface area (Å²) >= 11 is 0. The Hall–Kier alpha value is -3.01. The third-order valence-electron chi connectivity index (χ3n) is 5.51. The van der Waals surface area contributed by atoms with Crippen molar-refractivity contribution in [3.63, 3.8) is 0 Å². The van der Waals surface area contributed by atoms with E-state index in [-0.39, 0.29) is 11.9 Å². The summed E-state index contributed by atoms with van der Waals surface area (Å²) in [5.41, 5.74) is 1.84. The first-order chi connectivity index (χ1) is 13.7. The van der Waals surface area contributed by atoms with Crippen LogP contribution in [0.4, 0.5) is 5.69 Å². The van der Waals surface area contributed by atoms with Crippen molar-refractivity contribution in [1.82, 2.24) is 5.32 Å². The Morgan fingerprint density at radius 2 is 1.68 bits per heavy atom. The summed E-state index contributed by atoms with van der Waals surface area (Å²) < 4.78 is 5.16. The van der Waals surface area contributed by atoms with Gasteiger partial charge in [0, 0.05) is 28.7 Å². The monoisotopic (exact) mass is 374 g/mol. The third kappa shape index (κ3) is 4.11. The Balaban J connectivity index is 1.40. The molecule has 4 nitrogen and oxygen atoms in total. The third-order valence-corrected chi connectivity index (χ3v) is 5.51. The van der Waals surface area contributed by atoms with Crippen LogP contribution in [0.5, 0.6) is 5.75 Å². The molecule has 1 aliphatic rings. The maximum atomic E-state index is 12.6. The van der Waals surface area contributed by atoms with Gasteiger partial charge in [-0.2, -0.15) is 0 Å². The molecule has 2 atom stereocenters. The molecule has 0 heterocycles. The maximum Gasteiger partial charge on any atom is 0.251 e. The van der Waals surface area contributed by atoms with Gasteiger partial charge in [-0.15, -0.1) is 0 Å². The highest BCUT2D eigenvalue weighted by atomic mass is 16.5. The van der Waals surface area contributed by atoms with Gasteiger partial charge in [0.25, 0.3) is 5.91 Å². The minimum atomic E-state index is -0.0153. The lowest BCUT2D eigenvalue weighted by atomic mass is 9.90. The maximum absolute atomic E-state index is 12.6. The lowest BCUT2D eigenvalue weighted by molar-refractivity contribution is 0.0926. The van der Waals surface area contributed by atoms with Gasteiger partial charge < -0.3 is 15.4 Å². The quantitative estimate of drug-likeness (QED) is 0.661. The second-order valence-electron chi connectivity index (χ2n) is 7.43. The lowest BCUT2D eigenvalue weighted by Crippen LogP contribution is -2.41. The molecule has 0 radical (unpaired) electrons. The van der Waals surface area contributed by atoms with E-state index in [0.717, 1.165) is 31.4 Å². The molecule has 1 amide bonds. The van der Waals surface area contributed by atoms with Crippen LogP contribution < -0.4 is 15.4 Å². The number of nitrogens with one attached hydrogen (secondary N) is 2. The molecule has 0 aromatic heterocycles. The van der Waals surface area contributed by atoms with E-state index in [4.69, 9.17) is 4.74 Å². The fraction of sp³-hybridized carbons (Fsp3) is 0.292. The van der Waals surface area contributed by atoms with Gasteiger partial charge in [0.05, 0.1) is 7.11 Å². The fourth-order valence-electron chi connectivity index (χ4n) is 4.03. The largest absolute Gasteiger partial charge is 0.497 e. The van der Waals surface area contributed by atoms with E-state index in [1.54, 1.807) is 7.11 Å². The summed E-state index contributed by atoms with van der Waals surface area (Å²) in [6.07, 6.45) is 4.19. The number of anilines is 1. The number of carbonyl (C=O) groups excluding carboxylic acids is 1. The lowest BCUT2D eigenvalue weighted by Gasteiger charge is -2.31. The predicted octanol–water partition coefficient (Wildman–Crippen LogP) is 5.00. The molecule has 144 valence electrons. The van der Waals surface area contributed by atoms with Crippen molar-refractivity contribution < 1.29 is 9.53 Å². The van der Waals surface area contributed by atoms with Crippen LogP contribution in [0, 0.1) is 0 Å². The summed E-state index contributed by atoms with van der Waals surface area (Å²) in [5, 5.41) is 9.41. The number of rotatable bonds is 5. The molecule has 1 fully saturated rings. The molecule has 3 aromatic rings. The van der Waals surface area contributed by atoms with Crippen molar-refractivity contribution in [1.29, 1.82) is 0 Å². The average Bonchev–Trinajstić information content (AvgIpc) is 2.74. The topological polar surface area (TPSA) is 50.4 Å². The number of amides is 1. The van der Waals surface area contributed by atoms with Gasteiger partial charge in [-0.3, -0.25) is 4.79 Å². The van der Waals surface area contributed by atoms with Gasteiger partial charge in [0.1, 0.15) is 5.75 Å². The van der Waals surface area contributed by atoms with Gasteiger partial charge in [-0.05, 0) is 61.4 Å². The number of ether oxygens (including phenoxy) is 1. The van der Waals surface area contributed by atoms with Crippen LogP contribution in [-0.4, -0.2) is 25.1 Å². The molecular weight excluding hydrogens is 348 g/mol. The Morgan fingerprint density at radius 1 is 0.929 bits per heavy atom. The Morgan fingerprint density at radius 3 is 2.50 bits per heavy atom. The highest BCUT2D eigenvalue weighted by Gasteiger charge is 2.24. The van der Waals surface area contributed by atoms with E-state index < -0.39 is 0 Å². The van der Waals surface area contributed by atoms with E-state index in [0.29, 0.717) is 11.6 Å². The standard InChI is InChI=1S/C24H26N2O2/c1-28-21-14-12-18(13-15-21)24(27)26-20-9-5-8-19(16-20)25-23-11-4-7-17-6-2-3-10-22(17)23/h2-4,6-7,10-15,19-20,25H,5,8-9,16H2,1H3,(H,26,27)/t19-,20?/m0/s1. The van der Waals surface area contributed by atoms with Crippen molar-refractivity contribution in [2.24, 2.45) is 0 Å². The minimum Gasteiger partial charge on any atom is -0.497 e. The number of carbonyl (C=O) groups is 1. The number of methoxy groups -OCH3 is 1. The fourth-order valence-corrected chi connectivity index (χ4v) is 4.03. The van der Waals surface area contributed by atoms with Crippen LogP contribution >= 0.6 is 0 Å². The molecule has 0 spiro atoms. The van der Waals surface area contributed by atoms with Crippen LogP contribution in [0.15, 0.2) is 66.7 Å². The zero-order chi connectivity index (χ0) is 19.3. The van der Waals surface area contributed by atoms with Crippen molar-refractivity contribution in [3.05, 3.63) is 72.3 Å². The highest BCUT2D eigenvalue weighted by molar-refractivity contribution is 5.95. The number of hydrogen-bond acceptors (Lipinski definition) is 3. The SMILES string of the molecule is COc1ccc(C(=O)NC2CCC[C@H](Nc3cccc4ccccc34)C2)cc1. The van der Waals surface area contributed by atoms with Crippen molar-refractivity contribution in [3.8, 4) is 5.75 Å². The molecule has 28 heavy (non-hydrogen) atoms. The minimum absolute atomic E-state index is 0.0153. The van der Waals surface area contributed by atoms with Gasteiger partial charge in [-0.25, -0.2) is 0 Å². The van der Waals surface area contributed by atoms with E-state index in [9.17, 15) is 4.79 Å². The normalized spacial score (nSPS) is 19.2. The molecule has 3 aromatic carbocycles. The molecule has 4 rings (SSSR count). The smallest absolute Gasteiger partial charge is 0.251 e. The van der Waals surface area contributed by atoms with Crippen LogP contribution in [-0.2, 0) is 0 Å². The first kappa shape index (κ1) is 18.4. The molecule has 0 saturated heterocycles. The molecule has 1 aliphatic carbocycles. The first-order valence-corrected chi connectivity index (χ1v) is 9.92. The summed E-state index contributed by atoms with van der Waals surface area (Å²) in [7, 11) is 1.63. The average molecular weight is 374 g/mol. The van der Waals surface area contributed by atoms with Crippen LogP contribution in [0.1, 0.15) is 36.0 Å². The first-order valence-electron chi connectivity index (χ1n) is 9.92. The van der Waals surface area contributed by atoms with E-state index in [1.807, 2.05) is 24.3 Å². The molecule has 2 N–H and O–H groups in total. The summed E-state index contributed by atoms with van der Waals surface area (Å²) in [6.45, 7) is 0. The van der Waals surface area contributed by atoms with Gasteiger partial charge >= 0.3 is 0 Å². The van der Waals surface area contributed by atoms with E-state index >= 15 is 0 Å². The zero-order valence-corrected chi connectivity index (χ0v) is 16.2. The molecular formula is C24H26N2O2. The second-order valence-corrected chi connectivity index (χ2v) is 7.43. The van der Waals surface area contributed by atoms with Gasteiger partial charge in [0.2, 0.25) is 0 Å². The number of benzene rings is 3. The predicted molar refractivity (Wildman–Crippen MR) is 114 cm³/mol. The molecule has 4 heteroatoms. The zero-order valence-electron chi connectivity index (χ0n) is 16.2. The molecule has 1 unspecified atom stereocenters. The van der Waals surface area contributed by atoms with Crippen LogP contribution in [0.3, 0.4) is 0 Å². The summed E-state index contributed by atoms with van der Waals surface area (Å²) in [6, 6.07) is 22.6. The molecule has 0 bridgehead atoms. The van der Waals surface area contributed by atoms with Gasteiger partial charge in [-0.1, -0.05) is 36.4 Å².